The molecule has 3 unspecified atom stereocenters. The molecule has 2 rings (SSSR count). The molecule has 0 spiro atoms. The van der Waals surface area contributed by atoms with Crippen molar-refractivity contribution < 1.29 is 14.6 Å². The van der Waals surface area contributed by atoms with Crippen molar-refractivity contribution in [2.45, 2.75) is 38.8 Å². The maximum atomic E-state index is 11.8. The zero-order valence-corrected chi connectivity index (χ0v) is 10.6. The lowest BCUT2D eigenvalue weighted by atomic mass is 10.0. The highest BCUT2D eigenvalue weighted by Gasteiger charge is 2.41. The quantitative estimate of drug-likeness (QED) is 0.586. The van der Waals surface area contributed by atoms with Crippen LogP contribution in [0.25, 0.3) is 0 Å². The number of aliphatic hydroxyl groups excluding tert-OH is 1. The molecule has 2 aliphatic rings. The van der Waals surface area contributed by atoms with Crippen LogP contribution < -0.4 is 0 Å². The summed E-state index contributed by atoms with van der Waals surface area (Å²) in [4.78, 5) is 14.1. The van der Waals surface area contributed by atoms with Crippen molar-refractivity contribution in [2.24, 2.45) is 5.92 Å². The molecule has 1 fully saturated rings. The fourth-order valence-corrected chi connectivity index (χ4v) is 2.57. The Labute approximate surface area is 102 Å². The molecule has 2 heterocycles. The number of aliphatic hydroxyl groups is 1. The van der Waals surface area contributed by atoms with Crippen LogP contribution >= 0.6 is 0 Å². The second-order valence-electron chi connectivity index (χ2n) is 4.95. The number of rotatable bonds is 4. The van der Waals surface area contributed by atoms with Crippen LogP contribution in [-0.4, -0.2) is 47.8 Å². The molecule has 0 bridgehead atoms. The average Bonchev–Trinajstić information content (AvgIpc) is 2.90. The molecule has 17 heavy (non-hydrogen) atoms. The summed E-state index contributed by atoms with van der Waals surface area (Å²) >= 11 is 0. The molecule has 1 saturated heterocycles. The normalized spacial score (nSPS) is 29.9. The molecule has 4 nitrogen and oxygen atoms in total. The molecule has 0 aromatic rings. The third kappa shape index (κ3) is 2.38. The Morgan fingerprint density at radius 3 is 3.12 bits per heavy atom. The van der Waals surface area contributed by atoms with Gasteiger partial charge in [0.15, 0.2) is 0 Å². The van der Waals surface area contributed by atoms with Gasteiger partial charge in [-0.1, -0.05) is 19.9 Å². The van der Waals surface area contributed by atoms with Gasteiger partial charge in [-0.2, -0.15) is 0 Å². The van der Waals surface area contributed by atoms with Crippen LogP contribution in [0.5, 0.6) is 0 Å². The topological polar surface area (TPSA) is 49.8 Å². The van der Waals surface area contributed by atoms with Crippen molar-refractivity contribution in [3.63, 3.8) is 0 Å². The van der Waals surface area contributed by atoms with E-state index in [1.807, 2.05) is 19.9 Å². The summed E-state index contributed by atoms with van der Waals surface area (Å²) in [6.07, 6.45) is 3.66. The van der Waals surface area contributed by atoms with Gasteiger partial charge in [-0.3, -0.25) is 9.69 Å². The number of carbonyl (C=O) groups is 1. The standard InChI is InChI=1S/C13H21NO3/c1-3-9(2)13(16)17-11-5-7-14-6-4-10(8-15)12(11)14/h4,9,11-12,15H,3,5-8H2,1-2H3. The maximum absolute atomic E-state index is 11.8. The fourth-order valence-electron chi connectivity index (χ4n) is 2.57. The van der Waals surface area contributed by atoms with Crippen molar-refractivity contribution in [3.8, 4) is 0 Å². The average molecular weight is 239 g/mol. The lowest BCUT2D eigenvalue weighted by Crippen LogP contribution is -2.36. The van der Waals surface area contributed by atoms with Gasteiger partial charge >= 0.3 is 5.97 Å². The number of nitrogens with zero attached hydrogens (tertiary/aromatic N) is 1. The Kier molecular flexibility index (Phi) is 3.84. The molecule has 0 saturated carbocycles. The molecule has 0 amide bonds. The van der Waals surface area contributed by atoms with Crippen molar-refractivity contribution >= 4 is 5.97 Å². The van der Waals surface area contributed by atoms with E-state index in [1.165, 1.54) is 0 Å². The first kappa shape index (κ1) is 12.6. The van der Waals surface area contributed by atoms with E-state index in [1.54, 1.807) is 0 Å². The van der Waals surface area contributed by atoms with Crippen LogP contribution in [0.15, 0.2) is 11.6 Å². The summed E-state index contributed by atoms with van der Waals surface area (Å²) in [6.45, 7) is 5.77. The largest absolute Gasteiger partial charge is 0.460 e. The second-order valence-corrected chi connectivity index (χ2v) is 4.95. The van der Waals surface area contributed by atoms with E-state index in [-0.39, 0.29) is 30.6 Å². The summed E-state index contributed by atoms with van der Waals surface area (Å²) in [7, 11) is 0. The monoisotopic (exact) mass is 239 g/mol. The van der Waals surface area contributed by atoms with Gasteiger partial charge in [0.2, 0.25) is 0 Å². The Balaban J connectivity index is 1.98. The van der Waals surface area contributed by atoms with Crippen molar-refractivity contribution in [2.75, 3.05) is 19.7 Å². The molecule has 2 aliphatic heterocycles. The summed E-state index contributed by atoms with van der Waals surface area (Å²) in [5.41, 5.74) is 1.00. The molecule has 96 valence electrons. The SMILES string of the molecule is CCC(C)C(=O)OC1CCN2CC=C(CO)C12. The first-order valence-electron chi connectivity index (χ1n) is 6.41. The summed E-state index contributed by atoms with van der Waals surface area (Å²) < 4.78 is 5.58. The first-order valence-corrected chi connectivity index (χ1v) is 6.41. The Hall–Kier alpha value is -0.870. The minimum Gasteiger partial charge on any atom is -0.460 e. The first-order chi connectivity index (χ1) is 8.17. The minimum absolute atomic E-state index is 0.0352. The van der Waals surface area contributed by atoms with Gasteiger partial charge in [0, 0.05) is 13.1 Å². The molecular weight excluding hydrogens is 218 g/mol. The molecule has 0 aromatic carbocycles. The number of ether oxygens (including phenoxy) is 1. The van der Waals surface area contributed by atoms with Gasteiger partial charge in [-0.25, -0.2) is 0 Å². The third-order valence-electron chi connectivity index (χ3n) is 3.88. The summed E-state index contributed by atoms with van der Waals surface area (Å²) in [5.74, 6) is -0.143. The van der Waals surface area contributed by atoms with Crippen molar-refractivity contribution in [1.82, 2.24) is 4.90 Å². The summed E-state index contributed by atoms with van der Waals surface area (Å²) in [6, 6.07) is 0.119. The van der Waals surface area contributed by atoms with Gasteiger partial charge < -0.3 is 9.84 Å². The van der Waals surface area contributed by atoms with Crippen LogP contribution in [0.3, 0.4) is 0 Å². The summed E-state index contributed by atoms with van der Waals surface area (Å²) in [5, 5.41) is 9.28. The molecule has 0 aliphatic carbocycles. The highest BCUT2D eigenvalue weighted by molar-refractivity contribution is 5.72. The molecule has 4 heteroatoms. The van der Waals surface area contributed by atoms with E-state index in [2.05, 4.69) is 4.90 Å². The molecule has 3 atom stereocenters. The zero-order chi connectivity index (χ0) is 12.4. The molecule has 0 aromatic heterocycles. The highest BCUT2D eigenvalue weighted by Crippen LogP contribution is 2.31. The zero-order valence-electron chi connectivity index (χ0n) is 10.6. The van der Waals surface area contributed by atoms with E-state index >= 15 is 0 Å². The minimum atomic E-state index is -0.108. The lowest BCUT2D eigenvalue weighted by molar-refractivity contribution is -0.154. The molecule has 0 radical (unpaired) electrons. The van der Waals surface area contributed by atoms with Crippen LogP contribution in [0, 0.1) is 5.92 Å². The number of carbonyl (C=O) groups excluding carboxylic acids is 1. The smallest absolute Gasteiger partial charge is 0.308 e. The van der Waals surface area contributed by atoms with E-state index in [0.29, 0.717) is 0 Å². The number of hydrogen-bond donors (Lipinski definition) is 1. The Bertz CT molecular complexity index is 327. The fraction of sp³-hybridized carbons (Fsp3) is 0.769. The second kappa shape index (κ2) is 5.19. The molecular formula is C13H21NO3. The third-order valence-corrected chi connectivity index (χ3v) is 3.88. The number of esters is 1. The van der Waals surface area contributed by atoms with Gasteiger partial charge in [-0.05, 0) is 18.4 Å². The van der Waals surface area contributed by atoms with Gasteiger partial charge in [-0.15, -0.1) is 0 Å². The maximum Gasteiger partial charge on any atom is 0.308 e. The molecule has 1 N–H and O–H groups in total. The van der Waals surface area contributed by atoms with Crippen molar-refractivity contribution in [1.29, 1.82) is 0 Å². The van der Waals surface area contributed by atoms with Gasteiger partial charge in [0.05, 0.1) is 18.6 Å². The Morgan fingerprint density at radius 1 is 1.71 bits per heavy atom. The predicted molar refractivity (Wildman–Crippen MR) is 64.5 cm³/mol. The lowest BCUT2D eigenvalue weighted by Gasteiger charge is -2.24. The predicted octanol–water partition coefficient (Wildman–Crippen LogP) is 0.951. The van der Waals surface area contributed by atoms with Crippen LogP contribution in [0.1, 0.15) is 26.7 Å². The van der Waals surface area contributed by atoms with Crippen LogP contribution in [0.4, 0.5) is 0 Å². The van der Waals surface area contributed by atoms with Crippen LogP contribution in [0.2, 0.25) is 0 Å². The van der Waals surface area contributed by atoms with Crippen molar-refractivity contribution in [3.05, 3.63) is 11.6 Å². The van der Waals surface area contributed by atoms with Gasteiger partial charge in [0.25, 0.3) is 0 Å². The van der Waals surface area contributed by atoms with Gasteiger partial charge in [0.1, 0.15) is 6.10 Å². The van der Waals surface area contributed by atoms with E-state index in [9.17, 15) is 9.90 Å². The Morgan fingerprint density at radius 2 is 2.47 bits per heavy atom. The highest BCUT2D eigenvalue weighted by atomic mass is 16.5. The number of fused-ring (bicyclic) bond motifs is 1. The van der Waals surface area contributed by atoms with E-state index < -0.39 is 0 Å². The number of hydrogen-bond acceptors (Lipinski definition) is 4. The van der Waals surface area contributed by atoms with E-state index in [4.69, 9.17) is 4.74 Å². The van der Waals surface area contributed by atoms with Crippen LogP contribution in [-0.2, 0) is 9.53 Å². The van der Waals surface area contributed by atoms with E-state index in [0.717, 1.165) is 31.5 Å².